The first kappa shape index (κ1) is 20.2. The minimum Gasteiger partial charge on any atom is -0.462 e. The van der Waals surface area contributed by atoms with Gasteiger partial charge >= 0.3 is 5.97 Å². The Bertz CT molecular complexity index is 1080. The number of ether oxygens (including phenoxy) is 1. The van der Waals surface area contributed by atoms with Crippen LogP contribution >= 0.6 is 11.3 Å². The molecule has 0 radical (unpaired) electrons. The predicted octanol–water partition coefficient (Wildman–Crippen LogP) is 5.06. The summed E-state index contributed by atoms with van der Waals surface area (Å²) in [5.74, 6) is -1.07. The first-order valence-electron chi connectivity index (χ1n) is 8.84. The molecule has 0 saturated heterocycles. The van der Waals surface area contributed by atoms with Crippen molar-refractivity contribution in [3.8, 4) is 10.4 Å². The molecule has 0 spiro atoms. The van der Waals surface area contributed by atoms with Crippen LogP contribution in [-0.2, 0) is 4.74 Å². The SMILES string of the molecule is CCOC(=O)c1c(NC(=O)c2cccc([N+](=O)[O-])c2)sc(-c2ccccc2)c1C. The van der Waals surface area contributed by atoms with Gasteiger partial charge in [0.1, 0.15) is 5.00 Å². The van der Waals surface area contributed by atoms with E-state index >= 15 is 0 Å². The molecule has 29 heavy (non-hydrogen) atoms. The highest BCUT2D eigenvalue weighted by atomic mass is 32.1. The van der Waals surface area contributed by atoms with Gasteiger partial charge in [0.05, 0.1) is 17.1 Å². The van der Waals surface area contributed by atoms with E-state index in [0.29, 0.717) is 10.6 Å². The third-order valence-corrected chi connectivity index (χ3v) is 5.46. The number of hydrogen-bond acceptors (Lipinski definition) is 6. The smallest absolute Gasteiger partial charge is 0.341 e. The van der Waals surface area contributed by atoms with Gasteiger partial charge in [0.2, 0.25) is 0 Å². The van der Waals surface area contributed by atoms with Gasteiger partial charge in [0.15, 0.2) is 0 Å². The molecular formula is C21H18N2O5S. The highest BCUT2D eigenvalue weighted by Crippen LogP contribution is 2.40. The van der Waals surface area contributed by atoms with Crippen molar-refractivity contribution in [2.75, 3.05) is 11.9 Å². The third kappa shape index (κ3) is 4.33. The minimum atomic E-state index is -0.566. The topological polar surface area (TPSA) is 98.5 Å². The highest BCUT2D eigenvalue weighted by Gasteiger charge is 2.25. The molecule has 0 saturated carbocycles. The fraction of sp³-hybridized carbons (Fsp3) is 0.143. The Hall–Kier alpha value is -3.52. The quantitative estimate of drug-likeness (QED) is 0.348. The summed E-state index contributed by atoms with van der Waals surface area (Å²) in [7, 11) is 0. The molecule has 148 valence electrons. The van der Waals surface area contributed by atoms with Crippen molar-refractivity contribution >= 4 is 33.9 Å². The molecule has 0 aliphatic carbocycles. The number of nitrogens with zero attached hydrogens (tertiary/aromatic N) is 1. The molecule has 2 aromatic carbocycles. The van der Waals surface area contributed by atoms with E-state index in [9.17, 15) is 19.7 Å². The number of nitro benzene ring substituents is 1. The second-order valence-electron chi connectivity index (χ2n) is 6.11. The number of amides is 1. The van der Waals surface area contributed by atoms with Crippen molar-refractivity contribution in [1.82, 2.24) is 0 Å². The normalized spacial score (nSPS) is 10.4. The molecule has 7 nitrogen and oxygen atoms in total. The number of carbonyl (C=O) groups is 2. The maximum absolute atomic E-state index is 12.7. The molecule has 1 heterocycles. The van der Waals surface area contributed by atoms with Crippen molar-refractivity contribution in [1.29, 1.82) is 0 Å². The molecule has 0 bridgehead atoms. The van der Waals surface area contributed by atoms with Crippen LogP contribution in [0, 0.1) is 17.0 Å². The van der Waals surface area contributed by atoms with E-state index < -0.39 is 16.8 Å². The average molecular weight is 410 g/mol. The maximum Gasteiger partial charge on any atom is 0.341 e. The second-order valence-corrected chi connectivity index (χ2v) is 7.13. The number of benzene rings is 2. The lowest BCUT2D eigenvalue weighted by Crippen LogP contribution is -2.15. The Morgan fingerprint density at radius 3 is 2.52 bits per heavy atom. The number of anilines is 1. The van der Waals surface area contributed by atoms with E-state index in [1.807, 2.05) is 30.3 Å². The van der Waals surface area contributed by atoms with Crippen LogP contribution in [-0.4, -0.2) is 23.4 Å². The number of hydrogen-bond donors (Lipinski definition) is 1. The Kier molecular flexibility index (Phi) is 6.04. The molecule has 8 heteroatoms. The first-order chi connectivity index (χ1) is 13.9. The Morgan fingerprint density at radius 1 is 1.14 bits per heavy atom. The number of rotatable bonds is 6. The summed E-state index contributed by atoms with van der Waals surface area (Å²) in [4.78, 5) is 36.5. The third-order valence-electron chi connectivity index (χ3n) is 4.21. The van der Waals surface area contributed by atoms with Gasteiger partial charge in [-0.15, -0.1) is 11.3 Å². The number of thiophene rings is 1. The summed E-state index contributed by atoms with van der Waals surface area (Å²) in [6.45, 7) is 3.71. The Labute approximate surface area is 171 Å². The van der Waals surface area contributed by atoms with Gasteiger partial charge in [-0.1, -0.05) is 36.4 Å². The summed E-state index contributed by atoms with van der Waals surface area (Å²) < 4.78 is 5.16. The van der Waals surface area contributed by atoms with Crippen molar-refractivity contribution in [3.63, 3.8) is 0 Å². The molecule has 3 aromatic rings. The van der Waals surface area contributed by atoms with Crippen LogP contribution in [0.2, 0.25) is 0 Å². The molecule has 3 rings (SSSR count). The fourth-order valence-corrected chi connectivity index (χ4v) is 4.05. The summed E-state index contributed by atoms with van der Waals surface area (Å²) in [5, 5.41) is 14.0. The van der Waals surface area contributed by atoms with E-state index in [4.69, 9.17) is 4.74 Å². The van der Waals surface area contributed by atoms with Crippen LogP contribution in [0.4, 0.5) is 10.7 Å². The lowest BCUT2D eigenvalue weighted by Gasteiger charge is -2.07. The van der Waals surface area contributed by atoms with Gasteiger partial charge in [0, 0.05) is 22.6 Å². The maximum atomic E-state index is 12.7. The van der Waals surface area contributed by atoms with Crippen LogP contribution in [0.15, 0.2) is 54.6 Å². The predicted molar refractivity (Wildman–Crippen MR) is 111 cm³/mol. The standard InChI is InChI=1S/C21H18N2O5S/c1-3-28-21(25)17-13(2)18(14-8-5-4-6-9-14)29-20(17)22-19(24)15-10-7-11-16(12-15)23(26)27/h4-12H,3H2,1-2H3,(H,22,24). The van der Waals surface area contributed by atoms with Crippen molar-refractivity contribution in [3.05, 3.63) is 81.4 Å². The van der Waals surface area contributed by atoms with E-state index in [-0.39, 0.29) is 23.4 Å². The van der Waals surface area contributed by atoms with Gasteiger partial charge in [-0.25, -0.2) is 4.79 Å². The molecule has 0 fully saturated rings. The van der Waals surface area contributed by atoms with Crippen LogP contribution in [0.5, 0.6) is 0 Å². The van der Waals surface area contributed by atoms with E-state index in [2.05, 4.69) is 5.32 Å². The lowest BCUT2D eigenvalue weighted by molar-refractivity contribution is -0.384. The second kappa shape index (κ2) is 8.66. The Morgan fingerprint density at radius 2 is 1.86 bits per heavy atom. The Balaban J connectivity index is 2.01. The van der Waals surface area contributed by atoms with Gasteiger partial charge in [0.25, 0.3) is 11.6 Å². The minimum absolute atomic E-state index is 0.126. The van der Waals surface area contributed by atoms with Crippen LogP contribution in [0.3, 0.4) is 0 Å². The van der Waals surface area contributed by atoms with Crippen LogP contribution in [0.1, 0.15) is 33.2 Å². The fourth-order valence-electron chi connectivity index (χ4n) is 2.85. The van der Waals surface area contributed by atoms with Crippen molar-refractivity contribution in [2.45, 2.75) is 13.8 Å². The molecule has 0 atom stereocenters. The number of non-ortho nitro benzene ring substituents is 1. The molecule has 1 amide bonds. The number of nitrogens with one attached hydrogen (secondary N) is 1. The summed E-state index contributed by atoms with van der Waals surface area (Å²) in [6.07, 6.45) is 0. The van der Waals surface area contributed by atoms with Crippen LogP contribution < -0.4 is 5.32 Å². The van der Waals surface area contributed by atoms with Gasteiger partial charge in [-0.2, -0.15) is 0 Å². The molecule has 0 aliphatic rings. The van der Waals surface area contributed by atoms with Gasteiger partial charge in [-0.3, -0.25) is 14.9 Å². The zero-order valence-corrected chi connectivity index (χ0v) is 16.6. The summed E-state index contributed by atoms with van der Waals surface area (Å²) >= 11 is 1.26. The first-order valence-corrected chi connectivity index (χ1v) is 9.65. The molecule has 1 N–H and O–H groups in total. The number of carbonyl (C=O) groups excluding carboxylic acids is 2. The zero-order valence-electron chi connectivity index (χ0n) is 15.8. The van der Waals surface area contributed by atoms with Crippen LogP contribution in [0.25, 0.3) is 10.4 Å². The molecule has 1 aromatic heterocycles. The van der Waals surface area contributed by atoms with Gasteiger partial charge < -0.3 is 10.1 Å². The monoisotopic (exact) mass is 410 g/mol. The molecule has 0 unspecified atom stereocenters. The van der Waals surface area contributed by atoms with E-state index in [1.54, 1.807) is 13.8 Å². The number of nitro groups is 1. The highest BCUT2D eigenvalue weighted by molar-refractivity contribution is 7.20. The van der Waals surface area contributed by atoms with Crippen molar-refractivity contribution in [2.24, 2.45) is 0 Å². The summed E-state index contributed by atoms with van der Waals surface area (Å²) in [5.41, 5.74) is 1.84. The number of esters is 1. The van der Waals surface area contributed by atoms with Crippen molar-refractivity contribution < 1.29 is 19.2 Å². The molecule has 0 aliphatic heterocycles. The van der Waals surface area contributed by atoms with E-state index in [1.165, 1.54) is 35.6 Å². The van der Waals surface area contributed by atoms with E-state index in [0.717, 1.165) is 10.4 Å². The zero-order chi connectivity index (χ0) is 21.0. The molecular weight excluding hydrogens is 392 g/mol. The van der Waals surface area contributed by atoms with Gasteiger partial charge in [-0.05, 0) is 31.0 Å². The average Bonchev–Trinajstić information content (AvgIpc) is 3.04. The summed E-state index contributed by atoms with van der Waals surface area (Å²) in [6, 6.07) is 14.9. The lowest BCUT2D eigenvalue weighted by atomic mass is 10.1. The largest absolute Gasteiger partial charge is 0.462 e.